The van der Waals surface area contributed by atoms with Crippen LogP contribution in [0.25, 0.3) is 0 Å². The van der Waals surface area contributed by atoms with Gasteiger partial charge in [0, 0.05) is 22.8 Å². The maximum atomic E-state index is 6.10. The van der Waals surface area contributed by atoms with E-state index >= 15 is 0 Å². The van der Waals surface area contributed by atoms with Crippen molar-refractivity contribution in [2.45, 2.75) is 26.8 Å². The molecule has 0 spiro atoms. The predicted molar refractivity (Wildman–Crippen MR) is 85.6 cm³/mol. The van der Waals surface area contributed by atoms with E-state index in [1.54, 1.807) is 7.11 Å². The van der Waals surface area contributed by atoms with Crippen molar-refractivity contribution in [1.29, 1.82) is 0 Å². The van der Waals surface area contributed by atoms with Gasteiger partial charge in [-0.2, -0.15) is 5.10 Å². The highest BCUT2D eigenvalue weighted by Crippen LogP contribution is 2.30. The van der Waals surface area contributed by atoms with Crippen LogP contribution in [0, 0.1) is 6.92 Å². The minimum absolute atomic E-state index is 0.678. The van der Waals surface area contributed by atoms with Gasteiger partial charge in [-0.15, -0.1) is 0 Å². The molecule has 0 fully saturated rings. The fourth-order valence-electron chi connectivity index (χ4n) is 1.99. The van der Waals surface area contributed by atoms with Gasteiger partial charge in [0.2, 0.25) is 0 Å². The molecule has 0 bridgehead atoms. The van der Waals surface area contributed by atoms with Crippen molar-refractivity contribution >= 4 is 33.1 Å². The van der Waals surface area contributed by atoms with E-state index in [-0.39, 0.29) is 0 Å². The molecule has 0 aliphatic heterocycles. The van der Waals surface area contributed by atoms with E-state index in [9.17, 15) is 0 Å². The third-order valence-electron chi connectivity index (χ3n) is 2.98. The third-order valence-corrected chi connectivity index (χ3v) is 3.44. The molecule has 0 unspecified atom stereocenters. The number of ether oxygens (including phenoxy) is 1. The molecule has 3 N–H and O–H groups in total. The molecule has 2 aromatic rings. The molecule has 1 aromatic carbocycles. The summed E-state index contributed by atoms with van der Waals surface area (Å²) in [4.78, 5) is 0. The Morgan fingerprint density at radius 2 is 2.15 bits per heavy atom. The summed E-state index contributed by atoms with van der Waals surface area (Å²) < 4.78 is 8.10. The van der Waals surface area contributed by atoms with Crippen molar-refractivity contribution in [3.05, 3.63) is 28.4 Å². The van der Waals surface area contributed by atoms with E-state index < -0.39 is 0 Å². The van der Waals surface area contributed by atoms with Gasteiger partial charge in [-0.3, -0.25) is 0 Å². The zero-order chi connectivity index (χ0) is 14.7. The van der Waals surface area contributed by atoms with E-state index in [2.05, 4.69) is 33.3 Å². The second-order valence-corrected chi connectivity index (χ2v) is 5.49. The fourth-order valence-corrected chi connectivity index (χ4v) is 2.46. The molecule has 1 aromatic heterocycles. The van der Waals surface area contributed by atoms with E-state index in [0.29, 0.717) is 5.69 Å². The number of hydrogen-bond acceptors (Lipinski definition) is 4. The molecular weight excluding hydrogens is 320 g/mol. The summed E-state index contributed by atoms with van der Waals surface area (Å²) in [6, 6.07) is 5.80. The number of aryl methyl sites for hydroxylation is 2. The summed E-state index contributed by atoms with van der Waals surface area (Å²) in [5.41, 5.74) is 8.52. The zero-order valence-electron chi connectivity index (χ0n) is 11.9. The van der Waals surface area contributed by atoms with Crippen molar-refractivity contribution in [2.24, 2.45) is 0 Å². The van der Waals surface area contributed by atoms with Crippen LogP contribution in [0.1, 0.15) is 19.0 Å². The first-order valence-electron chi connectivity index (χ1n) is 6.49. The molecule has 0 atom stereocenters. The Bertz CT molecular complexity index is 609. The number of nitrogens with zero attached hydrogens (tertiary/aromatic N) is 2. The Hall–Kier alpha value is -1.69. The van der Waals surface area contributed by atoms with Gasteiger partial charge in [0.1, 0.15) is 5.75 Å². The summed E-state index contributed by atoms with van der Waals surface area (Å²) in [5, 5.41) is 7.77. The SMILES string of the molecule is CCCn1nc(C)c(N)c1Nc1cc(Br)cc(OC)c1. The number of halogens is 1. The Labute approximate surface area is 127 Å². The highest BCUT2D eigenvalue weighted by atomic mass is 79.9. The molecule has 0 amide bonds. The van der Waals surface area contributed by atoms with Crippen LogP contribution in [0.2, 0.25) is 0 Å². The smallest absolute Gasteiger partial charge is 0.152 e. The average Bonchev–Trinajstić information content (AvgIpc) is 2.66. The molecule has 0 saturated heterocycles. The van der Waals surface area contributed by atoms with Crippen LogP contribution >= 0.6 is 15.9 Å². The molecule has 1 heterocycles. The molecular formula is C14H19BrN4O. The highest BCUT2D eigenvalue weighted by molar-refractivity contribution is 9.10. The molecule has 0 radical (unpaired) electrons. The van der Waals surface area contributed by atoms with Crippen LogP contribution in [-0.2, 0) is 6.54 Å². The van der Waals surface area contributed by atoms with Crippen LogP contribution in [-0.4, -0.2) is 16.9 Å². The van der Waals surface area contributed by atoms with Gasteiger partial charge in [-0.1, -0.05) is 22.9 Å². The average molecular weight is 339 g/mol. The summed E-state index contributed by atoms with van der Waals surface area (Å²) in [6.45, 7) is 4.85. The lowest BCUT2D eigenvalue weighted by Gasteiger charge is -2.11. The number of anilines is 3. The second kappa shape index (κ2) is 6.17. The standard InChI is InChI=1S/C14H19BrN4O/c1-4-5-19-14(13(16)9(2)18-19)17-11-6-10(15)7-12(8-11)20-3/h6-8,17H,4-5,16H2,1-3H3. The van der Waals surface area contributed by atoms with E-state index in [1.807, 2.05) is 29.8 Å². The normalized spacial score (nSPS) is 10.6. The number of nitrogens with one attached hydrogen (secondary N) is 1. The molecule has 6 heteroatoms. The summed E-state index contributed by atoms with van der Waals surface area (Å²) in [6.07, 6.45) is 0.997. The van der Waals surface area contributed by atoms with Crippen molar-refractivity contribution in [2.75, 3.05) is 18.2 Å². The van der Waals surface area contributed by atoms with Gasteiger partial charge in [0.15, 0.2) is 5.82 Å². The molecule has 2 rings (SSSR count). The number of aromatic nitrogens is 2. The number of nitrogen functional groups attached to an aromatic ring is 1. The fraction of sp³-hybridized carbons (Fsp3) is 0.357. The summed E-state index contributed by atoms with van der Waals surface area (Å²) in [7, 11) is 1.64. The van der Waals surface area contributed by atoms with Crippen LogP contribution in [0.15, 0.2) is 22.7 Å². The van der Waals surface area contributed by atoms with Gasteiger partial charge in [-0.25, -0.2) is 4.68 Å². The van der Waals surface area contributed by atoms with Crippen molar-refractivity contribution in [3.8, 4) is 5.75 Å². The minimum Gasteiger partial charge on any atom is -0.497 e. The van der Waals surface area contributed by atoms with Gasteiger partial charge in [0.05, 0.1) is 18.5 Å². The Balaban J connectivity index is 2.36. The van der Waals surface area contributed by atoms with Crippen LogP contribution < -0.4 is 15.8 Å². The largest absolute Gasteiger partial charge is 0.497 e. The quantitative estimate of drug-likeness (QED) is 0.872. The number of nitrogens with two attached hydrogens (primary N) is 1. The molecule has 0 aliphatic carbocycles. The van der Waals surface area contributed by atoms with Crippen molar-refractivity contribution in [1.82, 2.24) is 9.78 Å². The number of methoxy groups -OCH3 is 1. The van der Waals surface area contributed by atoms with Gasteiger partial charge >= 0.3 is 0 Å². The first kappa shape index (κ1) is 14.7. The van der Waals surface area contributed by atoms with Gasteiger partial charge in [0.25, 0.3) is 0 Å². The predicted octanol–water partition coefficient (Wildman–Crippen LogP) is 3.70. The summed E-state index contributed by atoms with van der Waals surface area (Å²) in [5.74, 6) is 1.60. The van der Waals surface area contributed by atoms with E-state index in [0.717, 1.165) is 40.4 Å². The van der Waals surface area contributed by atoms with E-state index in [1.165, 1.54) is 0 Å². The minimum atomic E-state index is 0.678. The van der Waals surface area contributed by atoms with Crippen molar-refractivity contribution in [3.63, 3.8) is 0 Å². The number of benzene rings is 1. The molecule has 0 aliphatic rings. The zero-order valence-corrected chi connectivity index (χ0v) is 13.5. The Kier molecular flexibility index (Phi) is 4.54. The number of rotatable bonds is 5. The van der Waals surface area contributed by atoms with Gasteiger partial charge in [-0.05, 0) is 25.5 Å². The van der Waals surface area contributed by atoms with Crippen molar-refractivity contribution < 1.29 is 4.74 Å². The molecule has 0 saturated carbocycles. The number of hydrogen-bond donors (Lipinski definition) is 2. The topological polar surface area (TPSA) is 65.1 Å². The van der Waals surface area contributed by atoms with Crippen LogP contribution in [0.5, 0.6) is 5.75 Å². The Morgan fingerprint density at radius 1 is 1.40 bits per heavy atom. The third kappa shape index (κ3) is 3.07. The first-order chi connectivity index (χ1) is 9.55. The van der Waals surface area contributed by atoms with Crippen LogP contribution in [0.3, 0.4) is 0 Å². The van der Waals surface area contributed by atoms with E-state index in [4.69, 9.17) is 10.5 Å². The molecule has 5 nitrogen and oxygen atoms in total. The lowest BCUT2D eigenvalue weighted by molar-refractivity contribution is 0.415. The molecule has 20 heavy (non-hydrogen) atoms. The van der Waals surface area contributed by atoms with Crippen LogP contribution in [0.4, 0.5) is 17.2 Å². The summed E-state index contributed by atoms with van der Waals surface area (Å²) >= 11 is 3.47. The second-order valence-electron chi connectivity index (χ2n) is 4.58. The maximum Gasteiger partial charge on any atom is 0.152 e. The first-order valence-corrected chi connectivity index (χ1v) is 7.29. The monoisotopic (exact) mass is 338 g/mol. The Morgan fingerprint density at radius 3 is 2.80 bits per heavy atom. The lowest BCUT2D eigenvalue weighted by atomic mass is 10.3. The molecule has 108 valence electrons. The van der Waals surface area contributed by atoms with Gasteiger partial charge < -0.3 is 15.8 Å². The maximum absolute atomic E-state index is 6.10. The lowest BCUT2D eigenvalue weighted by Crippen LogP contribution is -2.05. The highest BCUT2D eigenvalue weighted by Gasteiger charge is 2.12.